The zero-order valence-corrected chi connectivity index (χ0v) is 16.4. The molecule has 8 nitrogen and oxygen atoms in total. The third-order valence-corrected chi connectivity index (χ3v) is 6.64. The number of rotatable bonds is 7. The van der Waals surface area contributed by atoms with Gasteiger partial charge in [0.2, 0.25) is 10.0 Å². The van der Waals surface area contributed by atoms with E-state index in [0.717, 1.165) is 23.6 Å². The molecular weight excluding hydrogens is 382 g/mol. The van der Waals surface area contributed by atoms with Crippen molar-refractivity contribution in [3.63, 3.8) is 0 Å². The first kappa shape index (κ1) is 20.2. The number of aryl methyl sites for hydroxylation is 1. The summed E-state index contributed by atoms with van der Waals surface area (Å²) in [5, 5.41) is 14.6. The quantitative estimate of drug-likeness (QED) is 0.561. The minimum absolute atomic E-state index is 0.0828. The third-order valence-electron chi connectivity index (χ3n) is 4.74. The number of nitro groups is 1. The lowest BCUT2D eigenvalue weighted by atomic mass is 10.1. The van der Waals surface area contributed by atoms with E-state index in [0.29, 0.717) is 19.8 Å². The molecule has 1 fully saturated rings. The summed E-state index contributed by atoms with van der Waals surface area (Å²) in [5.41, 5.74) is 2.23. The van der Waals surface area contributed by atoms with Gasteiger partial charge < -0.3 is 10.1 Å². The Morgan fingerprint density at radius 2 is 1.82 bits per heavy atom. The summed E-state index contributed by atoms with van der Waals surface area (Å²) in [6.45, 7) is 3.58. The van der Waals surface area contributed by atoms with Crippen LogP contribution in [0.2, 0.25) is 0 Å². The topological polar surface area (TPSA) is 102 Å². The van der Waals surface area contributed by atoms with Crippen molar-refractivity contribution >= 4 is 21.4 Å². The lowest BCUT2D eigenvalue weighted by Crippen LogP contribution is -2.40. The zero-order valence-electron chi connectivity index (χ0n) is 15.6. The van der Waals surface area contributed by atoms with Crippen molar-refractivity contribution in [2.75, 3.05) is 31.6 Å². The maximum Gasteiger partial charge on any atom is 0.293 e. The molecule has 0 radical (unpaired) electrons. The van der Waals surface area contributed by atoms with Gasteiger partial charge in [-0.15, -0.1) is 0 Å². The number of sulfonamides is 1. The summed E-state index contributed by atoms with van der Waals surface area (Å²) in [6.07, 6.45) is 0.858. The summed E-state index contributed by atoms with van der Waals surface area (Å²) in [4.78, 5) is 10.9. The van der Waals surface area contributed by atoms with Crippen molar-refractivity contribution in [2.45, 2.75) is 24.8 Å². The van der Waals surface area contributed by atoms with Gasteiger partial charge in [-0.25, -0.2) is 8.42 Å². The lowest BCUT2D eigenvalue weighted by molar-refractivity contribution is -0.384. The molecule has 0 bridgehead atoms. The Bertz CT molecular complexity index is 956. The largest absolute Gasteiger partial charge is 0.379 e. The van der Waals surface area contributed by atoms with Crippen LogP contribution in [0.1, 0.15) is 18.1 Å². The number of ether oxygens (including phenoxy) is 1. The van der Waals surface area contributed by atoms with Gasteiger partial charge in [-0.3, -0.25) is 10.1 Å². The predicted molar refractivity (Wildman–Crippen MR) is 106 cm³/mol. The molecule has 150 valence electrons. The second-order valence-corrected chi connectivity index (χ2v) is 8.37. The average Bonchev–Trinajstić information content (AvgIpc) is 2.72. The Hall–Kier alpha value is -2.49. The molecule has 1 N–H and O–H groups in total. The monoisotopic (exact) mass is 405 g/mol. The summed E-state index contributed by atoms with van der Waals surface area (Å²) < 4.78 is 32.0. The van der Waals surface area contributed by atoms with Crippen LogP contribution < -0.4 is 5.32 Å². The van der Waals surface area contributed by atoms with Crippen LogP contribution in [0, 0.1) is 10.1 Å². The van der Waals surface area contributed by atoms with E-state index in [1.807, 2.05) is 31.2 Å². The fourth-order valence-electron chi connectivity index (χ4n) is 3.17. The highest BCUT2D eigenvalue weighted by Gasteiger charge is 2.28. The van der Waals surface area contributed by atoms with Gasteiger partial charge in [-0.1, -0.05) is 31.2 Å². The molecule has 0 aliphatic carbocycles. The van der Waals surface area contributed by atoms with E-state index in [1.54, 1.807) is 0 Å². The molecule has 1 heterocycles. The van der Waals surface area contributed by atoms with Gasteiger partial charge in [0.25, 0.3) is 5.69 Å². The number of anilines is 1. The van der Waals surface area contributed by atoms with E-state index in [1.165, 1.54) is 16.4 Å². The number of nitro benzene ring substituents is 1. The molecule has 0 atom stereocenters. The molecule has 0 amide bonds. The molecule has 9 heteroatoms. The van der Waals surface area contributed by atoms with Gasteiger partial charge in [0.1, 0.15) is 5.69 Å². The Balaban J connectivity index is 1.86. The SMILES string of the molecule is CCc1ccccc1CNc1ccc(S(=O)(=O)N2CCOCC2)cc1[N+](=O)[O-]. The van der Waals surface area contributed by atoms with Crippen LogP contribution in [-0.4, -0.2) is 43.9 Å². The molecule has 0 saturated carbocycles. The predicted octanol–water partition coefficient (Wildman–Crippen LogP) is 2.79. The lowest BCUT2D eigenvalue weighted by Gasteiger charge is -2.26. The number of nitrogens with zero attached hydrogens (tertiary/aromatic N) is 2. The van der Waals surface area contributed by atoms with Crippen molar-refractivity contribution in [2.24, 2.45) is 0 Å². The molecule has 0 spiro atoms. The van der Waals surface area contributed by atoms with Crippen LogP contribution in [0.3, 0.4) is 0 Å². The number of morpholine rings is 1. The highest BCUT2D eigenvalue weighted by Crippen LogP contribution is 2.30. The summed E-state index contributed by atoms with van der Waals surface area (Å²) >= 11 is 0. The Kier molecular flexibility index (Phi) is 6.28. The second-order valence-electron chi connectivity index (χ2n) is 6.43. The molecule has 1 aliphatic rings. The molecule has 28 heavy (non-hydrogen) atoms. The number of hydrogen-bond donors (Lipinski definition) is 1. The fourth-order valence-corrected chi connectivity index (χ4v) is 4.60. The van der Waals surface area contributed by atoms with E-state index in [4.69, 9.17) is 4.74 Å². The van der Waals surface area contributed by atoms with Crippen LogP contribution in [0.25, 0.3) is 0 Å². The third kappa shape index (κ3) is 4.32. The molecule has 2 aromatic rings. The van der Waals surface area contributed by atoms with Gasteiger partial charge in [-0.2, -0.15) is 4.31 Å². The van der Waals surface area contributed by atoms with E-state index in [-0.39, 0.29) is 29.4 Å². The van der Waals surface area contributed by atoms with Crippen molar-refractivity contribution in [1.29, 1.82) is 0 Å². The molecule has 1 saturated heterocycles. The number of nitrogens with one attached hydrogen (secondary N) is 1. The van der Waals surface area contributed by atoms with Crippen LogP contribution in [-0.2, 0) is 27.7 Å². The average molecular weight is 405 g/mol. The minimum Gasteiger partial charge on any atom is -0.379 e. The van der Waals surface area contributed by atoms with Crippen LogP contribution in [0.4, 0.5) is 11.4 Å². The zero-order chi connectivity index (χ0) is 20.1. The maximum absolute atomic E-state index is 12.8. The smallest absolute Gasteiger partial charge is 0.293 e. The standard InChI is InChI=1S/C19H23N3O5S/c1-2-15-5-3-4-6-16(15)14-20-18-8-7-17(13-19(18)22(23)24)28(25,26)21-9-11-27-12-10-21/h3-8,13,20H,2,9-12,14H2,1H3. The highest BCUT2D eigenvalue weighted by molar-refractivity contribution is 7.89. The summed E-state index contributed by atoms with van der Waals surface area (Å²) in [6, 6.07) is 11.8. The van der Waals surface area contributed by atoms with Gasteiger partial charge in [-0.05, 0) is 29.7 Å². The normalized spacial score (nSPS) is 15.3. The van der Waals surface area contributed by atoms with Crippen LogP contribution >= 0.6 is 0 Å². The van der Waals surface area contributed by atoms with E-state index in [9.17, 15) is 18.5 Å². The van der Waals surface area contributed by atoms with Gasteiger partial charge in [0, 0.05) is 25.7 Å². The minimum atomic E-state index is -3.79. The number of benzene rings is 2. The van der Waals surface area contributed by atoms with Gasteiger partial charge >= 0.3 is 0 Å². The van der Waals surface area contributed by atoms with Crippen molar-refractivity contribution in [3.8, 4) is 0 Å². The molecular formula is C19H23N3O5S. The summed E-state index contributed by atoms with van der Waals surface area (Å²) in [7, 11) is -3.79. The van der Waals surface area contributed by atoms with Crippen molar-refractivity contribution in [1.82, 2.24) is 4.31 Å². The molecule has 2 aromatic carbocycles. The van der Waals surface area contributed by atoms with Crippen molar-refractivity contribution < 1.29 is 18.1 Å². The second kappa shape index (κ2) is 8.68. The highest BCUT2D eigenvalue weighted by atomic mass is 32.2. The Labute approximate surface area is 164 Å². The van der Waals surface area contributed by atoms with Crippen LogP contribution in [0.15, 0.2) is 47.4 Å². The molecule has 0 aromatic heterocycles. The maximum atomic E-state index is 12.8. The van der Waals surface area contributed by atoms with Crippen LogP contribution in [0.5, 0.6) is 0 Å². The molecule has 0 unspecified atom stereocenters. The Morgan fingerprint density at radius 1 is 1.14 bits per heavy atom. The Morgan fingerprint density at radius 3 is 2.46 bits per heavy atom. The molecule has 1 aliphatic heterocycles. The summed E-state index contributed by atoms with van der Waals surface area (Å²) in [5.74, 6) is 0. The van der Waals surface area contributed by atoms with E-state index < -0.39 is 14.9 Å². The van der Waals surface area contributed by atoms with Gasteiger partial charge in [0.15, 0.2) is 0 Å². The fraction of sp³-hybridized carbons (Fsp3) is 0.368. The molecule has 3 rings (SSSR count). The number of hydrogen-bond acceptors (Lipinski definition) is 6. The first-order valence-corrected chi connectivity index (χ1v) is 10.5. The van der Waals surface area contributed by atoms with Crippen molar-refractivity contribution in [3.05, 3.63) is 63.7 Å². The van der Waals surface area contributed by atoms with E-state index in [2.05, 4.69) is 5.32 Å². The first-order valence-electron chi connectivity index (χ1n) is 9.10. The van der Waals surface area contributed by atoms with E-state index >= 15 is 0 Å². The first-order chi connectivity index (χ1) is 13.4. The van der Waals surface area contributed by atoms with Gasteiger partial charge in [0.05, 0.1) is 23.0 Å².